The summed E-state index contributed by atoms with van der Waals surface area (Å²) in [5.74, 6) is 1.08. The average Bonchev–Trinajstić information content (AvgIpc) is 3.29. The molecule has 1 aliphatic heterocycles. The number of rotatable bonds is 4. The zero-order valence-electron chi connectivity index (χ0n) is 17.0. The first kappa shape index (κ1) is 20.1. The number of carbonyl (C=O) groups is 1. The van der Waals surface area contributed by atoms with Gasteiger partial charge in [0.1, 0.15) is 23.4 Å². The van der Waals surface area contributed by atoms with Crippen molar-refractivity contribution in [2.45, 2.75) is 19.4 Å². The Labute approximate surface area is 188 Å². The summed E-state index contributed by atoms with van der Waals surface area (Å²) in [5, 5.41) is 3.50. The Kier molecular flexibility index (Phi) is 5.07. The smallest absolute Gasteiger partial charge is 0.247 e. The second kappa shape index (κ2) is 8.05. The Morgan fingerprint density at radius 2 is 1.84 bits per heavy atom. The molecule has 0 saturated heterocycles. The SMILES string of the molecule is CCC1C(=O)Nc2cnc(-n3ccnc3-c3ccc(F)cc3)nc2N1c1ccc(Cl)cc1. The number of nitrogens with one attached hydrogen (secondary N) is 1. The van der Waals surface area contributed by atoms with E-state index in [9.17, 15) is 9.18 Å². The minimum atomic E-state index is -0.439. The molecule has 1 unspecified atom stereocenters. The molecule has 0 radical (unpaired) electrons. The largest absolute Gasteiger partial charge is 0.320 e. The molecular formula is C23H18ClFN6O. The van der Waals surface area contributed by atoms with Crippen LogP contribution in [0.25, 0.3) is 17.3 Å². The van der Waals surface area contributed by atoms with E-state index >= 15 is 0 Å². The number of nitrogens with zero attached hydrogens (tertiary/aromatic N) is 5. The molecule has 7 nitrogen and oxygen atoms in total. The minimum Gasteiger partial charge on any atom is -0.320 e. The Morgan fingerprint density at radius 1 is 1.09 bits per heavy atom. The zero-order chi connectivity index (χ0) is 22.2. The molecule has 9 heteroatoms. The van der Waals surface area contributed by atoms with Crippen LogP contribution in [0.15, 0.2) is 67.1 Å². The van der Waals surface area contributed by atoms with Gasteiger partial charge in [0.05, 0.1) is 6.20 Å². The number of aromatic nitrogens is 4. The van der Waals surface area contributed by atoms with Gasteiger partial charge in [0.2, 0.25) is 11.9 Å². The molecule has 2 aromatic heterocycles. The zero-order valence-corrected chi connectivity index (χ0v) is 17.8. The highest BCUT2D eigenvalue weighted by molar-refractivity contribution is 6.30. The van der Waals surface area contributed by atoms with Crippen molar-refractivity contribution in [3.8, 4) is 17.3 Å². The molecule has 0 saturated carbocycles. The third-order valence-electron chi connectivity index (χ3n) is 5.31. The fraction of sp³-hybridized carbons (Fsp3) is 0.130. The van der Waals surface area contributed by atoms with Crippen LogP contribution in [-0.4, -0.2) is 31.5 Å². The lowest BCUT2D eigenvalue weighted by molar-refractivity contribution is -0.117. The lowest BCUT2D eigenvalue weighted by Gasteiger charge is -2.36. The normalized spacial score (nSPS) is 15.4. The molecule has 4 aromatic rings. The third-order valence-corrected chi connectivity index (χ3v) is 5.56. The lowest BCUT2D eigenvalue weighted by atomic mass is 10.1. The van der Waals surface area contributed by atoms with E-state index in [1.54, 1.807) is 47.4 Å². The highest BCUT2D eigenvalue weighted by Crippen LogP contribution is 2.37. The van der Waals surface area contributed by atoms with Crippen LogP contribution in [0.1, 0.15) is 13.3 Å². The summed E-state index contributed by atoms with van der Waals surface area (Å²) in [6, 6.07) is 12.9. The van der Waals surface area contributed by atoms with Crippen molar-refractivity contribution in [3.05, 3.63) is 78.0 Å². The predicted molar refractivity (Wildman–Crippen MR) is 121 cm³/mol. The van der Waals surface area contributed by atoms with Crippen molar-refractivity contribution in [3.63, 3.8) is 0 Å². The van der Waals surface area contributed by atoms with Crippen LogP contribution in [0.3, 0.4) is 0 Å². The number of imidazole rings is 1. The summed E-state index contributed by atoms with van der Waals surface area (Å²) < 4.78 is 15.1. The molecule has 1 aliphatic rings. The van der Waals surface area contributed by atoms with E-state index in [0.29, 0.717) is 34.7 Å². The highest BCUT2D eigenvalue weighted by Gasteiger charge is 2.34. The monoisotopic (exact) mass is 448 g/mol. The van der Waals surface area contributed by atoms with Crippen molar-refractivity contribution in [2.24, 2.45) is 0 Å². The maximum atomic E-state index is 13.4. The first-order valence-corrected chi connectivity index (χ1v) is 10.5. The molecule has 3 heterocycles. The first-order chi connectivity index (χ1) is 15.5. The molecule has 0 aliphatic carbocycles. The maximum absolute atomic E-state index is 13.4. The molecule has 160 valence electrons. The van der Waals surface area contributed by atoms with Gasteiger partial charge in [-0.2, -0.15) is 4.98 Å². The van der Waals surface area contributed by atoms with Gasteiger partial charge >= 0.3 is 0 Å². The molecular weight excluding hydrogens is 431 g/mol. The van der Waals surface area contributed by atoms with Gasteiger partial charge in [0.25, 0.3) is 0 Å². The van der Waals surface area contributed by atoms with E-state index in [4.69, 9.17) is 16.6 Å². The molecule has 1 amide bonds. The maximum Gasteiger partial charge on any atom is 0.247 e. The fourth-order valence-electron chi connectivity index (χ4n) is 3.78. The highest BCUT2D eigenvalue weighted by atomic mass is 35.5. The average molecular weight is 449 g/mol. The quantitative estimate of drug-likeness (QED) is 0.476. The Morgan fingerprint density at radius 3 is 2.56 bits per heavy atom. The van der Waals surface area contributed by atoms with Crippen LogP contribution in [0, 0.1) is 5.82 Å². The van der Waals surface area contributed by atoms with Gasteiger partial charge in [-0.3, -0.25) is 9.36 Å². The Bertz CT molecular complexity index is 1290. The van der Waals surface area contributed by atoms with Gasteiger partial charge in [-0.05, 0) is 55.0 Å². The summed E-state index contributed by atoms with van der Waals surface area (Å²) >= 11 is 6.07. The summed E-state index contributed by atoms with van der Waals surface area (Å²) in [4.78, 5) is 28.3. The van der Waals surface area contributed by atoms with Gasteiger partial charge in [-0.25, -0.2) is 14.4 Å². The third kappa shape index (κ3) is 3.48. The molecule has 2 aromatic carbocycles. The Hall–Kier alpha value is -3.78. The van der Waals surface area contributed by atoms with Crippen molar-refractivity contribution in [1.29, 1.82) is 0 Å². The number of hydrogen-bond donors (Lipinski definition) is 1. The number of fused-ring (bicyclic) bond motifs is 1. The first-order valence-electron chi connectivity index (χ1n) is 10.1. The number of anilines is 3. The standard InChI is InChI=1S/C23H18ClFN6O/c1-2-19-22(32)28-18-13-27-23(29-21(18)31(19)17-9-5-15(24)6-10-17)30-12-11-26-20(30)14-3-7-16(25)8-4-14/h3-13,19H,2H2,1H3,(H,28,32). The number of hydrogen-bond acceptors (Lipinski definition) is 5. The molecule has 1 atom stereocenters. The van der Waals surface area contributed by atoms with Crippen LogP contribution < -0.4 is 10.2 Å². The molecule has 0 spiro atoms. The Balaban J connectivity index is 1.63. The van der Waals surface area contributed by atoms with Crippen LogP contribution in [-0.2, 0) is 4.79 Å². The molecule has 5 rings (SSSR count). The topological polar surface area (TPSA) is 75.9 Å². The van der Waals surface area contributed by atoms with E-state index in [1.807, 2.05) is 24.0 Å². The molecule has 0 fully saturated rings. The van der Waals surface area contributed by atoms with E-state index in [2.05, 4.69) is 15.3 Å². The van der Waals surface area contributed by atoms with Crippen molar-refractivity contribution < 1.29 is 9.18 Å². The van der Waals surface area contributed by atoms with Crippen LogP contribution >= 0.6 is 11.6 Å². The van der Waals surface area contributed by atoms with Crippen LogP contribution in [0.5, 0.6) is 0 Å². The van der Waals surface area contributed by atoms with Gasteiger partial charge in [0, 0.05) is 28.7 Å². The van der Waals surface area contributed by atoms with E-state index in [-0.39, 0.29) is 11.7 Å². The van der Waals surface area contributed by atoms with Crippen molar-refractivity contribution >= 4 is 34.7 Å². The fourth-order valence-corrected chi connectivity index (χ4v) is 3.91. The summed E-state index contributed by atoms with van der Waals surface area (Å²) in [6.45, 7) is 1.95. The second-order valence-corrected chi connectivity index (χ2v) is 7.73. The number of halogens is 2. The number of amides is 1. The summed E-state index contributed by atoms with van der Waals surface area (Å²) in [6.07, 6.45) is 5.54. The molecule has 32 heavy (non-hydrogen) atoms. The lowest BCUT2D eigenvalue weighted by Crippen LogP contribution is -2.45. The van der Waals surface area contributed by atoms with Crippen LogP contribution in [0.4, 0.5) is 21.6 Å². The van der Waals surface area contributed by atoms with Gasteiger partial charge < -0.3 is 10.2 Å². The van der Waals surface area contributed by atoms with Crippen LogP contribution in [0.2, 0.25) is 5.02 Å². The predicted octanol–water partition coefficient (Wildman–Crippen LogP) is 4.99. The summed E-state index contributed by atoms with van der Waals surface area (Å²) in [5.41, 5.74) is 2.04. The summed E-state index contributed by atoms with van der Waals surface area (Å²) in [7, 11) is 0. The number of benzene rings is 2. The van der Waals surface area contributed by atoms with Crippen molar-refractivity contribution in [2.75, 3.05) is 10.2 Å². The van der Waals surface area contributed by atoms with E-state index in [0.717, 1.165) is 11.3 Å². The van der Waals surface area contributed by atoms with E-state index in [1.165, 1.54) is 12.1 Å². The molecule has 1 N–H and O–H groups in total. The van der Waals surface area contributed by atoms with Crippen molar-refractivity contribution in [1.82, 2.24) is 19.5 Å². The van der Waals surface area contributed by atoms with Gasteiger partial charge in [-0.15, -0.1) is 0 Å². The molecule has 0 bridgehead atoms. The number of carbonyl (C=O) groups excluding carboxylic acids is 1. The van der Waals surface area contributed by atoms with Gasteiger partial charge in [0.15, 0.2) is 5.82 Å². The minimum absolute atomic E-state index is 0.124. The second-order valence-electron chi connectivity index (χ2n) is 7.29. The van der Waals surface area contributed by atoms with Gasteiger partial charge in [-0.1, -0.05) is 18.5 Å². The van der Waals surface area contributed by atoms with E-state index < -0.39 is 6.04 Å².